The normalized spacial score (nSPS) is 25.3. The average molecular weight is 406 g/mol. The minimum absolute atomic E-state index is 0.00737. The molecule has 2 aliphatic heterocycles. The van der Waals surface area contributed by atoms with E-state index in [9.17, 15) is 23.2 Å². The number of halogens is 2. The second kappa shape index (κ2) is 8.08. The zero-order chi connectivity index (χ0) is 20.5. The number of ether oxygens (including phenoxy) is 1. The summed E-state index contributed by atoms with van der Waals surface area (Å²) < 4.78 is 32.3. The van der Waals surface area contributed by atoms with E-state index in [1.165, 1.54) is 6.07 Å². The molecular weight excluding hydrogens is 382 g/mol. The Morgan fingerprint density at radius 1 is 1.00 bits per heavy atom. The maximum atomic E-state index is 13.7. The molecule has 1 aromatic rings. The van der Waals surface area contributed by atoms with Crippen molar-refractivity contribution in [2.45, 2.75) is 44.6 Å². The summed E-state index contributed by atoms with van der Waals surface area (Å²) in [4.78, 5) is 40.5. The third-order valence-electron chi connectivity index (χ3n) is 6.21. The molecule has 156 valence electrons. The second-order valence-electron chi connectivity index (χ2n) is 8.03. The van der Waals surface area contributed by atoms with Gasteiger partial charge >= 0.3 is 0 Å². The molecule has 0 spiro atoms. The summed E-state index contributed by atoms with van der Waals surface area (Å²) in [5.74, 6) is -2.61. The molecule has 3 amide bonds. The minimum Gasteiger partial charge on any atom is -0.487 e. The van der Waals surface area contributed by atoms with Crippen LogP contribution in [0.5, 0.6) is 5.75 Å². The summed E-state index contributed by atoms with van der Waals surface area (Å²) in [5.41, 5.74) is 0. The average Bonchev–Trinajstić information content (AvgIpc) is 2.96. The monoisotopic (exact) mass is 406 g/mol. The summed E-state index contributed by atoms with van der Waals surface area (Å²) in [7, 11) is 0. The van der Waals surface area contributed by atoms with Crippen molar-refractivity contribution >= 4 is 17.7 Å². The van der Waals surface area contributed by atoms with E-state index in [1.54, 1.807) is 4.90 Å². The fourth-order valence-corrected chi connectivity index (χ4v) is 4.60. The smallest absolute Gasteiger partial charge is 0.242 e. The first kappa shape index (κ1) is 19.8. The van der Waals surface area contributed by atoms with E-state index in [0.29, 0.717) is 25.9 Å². The molecule has 0 radical (unpaired) electrons. The first-order valence-corrected chi connectivity index (χ1v) is 10.2. The summed E-state index contributed by atoms with van der Waals surface area (Å²) in [6.45, 7) is 0.591. The van der Waals surface area contributed by atoms with Crippen molar-refractivity contribution in [3.63, 3.8) is 0 Å². The highest BCUT2D eigenvalue weighted by molar-refractivity contribution is 6.07. The number of fused-ring (bicyclic) bond motifs is 1. The maximum Gasteiger partial charge on any atom is 0.242 e. The molecule has 1 saturated carbocycles. The Morgan fingerprint density at radius 3 is 2.21 bits per heavy atom. The minimum atomic E-state index is -0.754. The number of hydrogen-bond acceptors (Lipinski definition) is 4. The molecule has 0 bridgehead atoms. The second-order valence-corrected chi connectivity index (χ2v) is 8.03. The van der Waals surface area contributed by atoms with Crippen LogP contribution in [0.2, 0.25) is 0 Å². The van der Waals surface area contributed by atoms with Crippen molar-refractivity contribution in [3.05, 3.63) is 29.8 Å². The van der Waals surface area contributed by atoms with Gasteiger partial charge in [-0.2, -0.15) is 0 Å². The van der Waals surface area contributed by atoms with Crippen molar-refractivity contribution in [3.8, 4) is 5.75 Å². The number of piperidine rings is 1. The van der Waals surface area contributed by atoms with E-state index in [1.807, 2.05) is 0 Å². The van der Waals surface area contributed by atoms with Crippen LogP contribution in [0, 0.1) is 23.5 Å². The molecule has 2 atom stereocenters. The molecule has 3 fully saturated rings. The molecule has 2 unspecified atom stereocenters. The lowest BCUT2D eigenvalue weighted by atomic mass is 9.81. The van der Waals surface area contributed by atoms with Gasteiger partial charge in [0.05, 0.1) is 11.8 Å². The third kappa shape index (κ3) is 3.97. The fourth-order valence-electron chi connectivity index (χ4n) is 4.60. The lowest BCUT2D eigenvalue weighted by molar-refractivity contribution is -0.147. The van der Waals surface area contributed by atoms with Gasteiger partial charge < -0.3 is 9.64 Å². The molecule has 4 rings (SSSR count). The standard InChI is InChI=1S/C21H24F2N2O4/c22-13-5-6-18(17(23)11-13)29-14-7-9-24(10-8-14)19(26)12-25-20(27)15-3-1-2-4-16(15)21(25)28/h5-6,11,14-16H,1-4,7-10,12H2. The van der Waals surface area contributed by atoms with Crippen molar-refractivity contribution in [1.82, 2.24) is 9.80 Å². The van der Waals surface area contributed by atoms with Crippen LogP contribution in [-0.2, 0) is 14.4 Å². The Morgan fingerprint density at radius 2 is 1.62 bits per heavy atom. The van der Waals surface area contributed by atoms with Crippen molar-refractivity contribution < 1.29 is 27.9 Å². The largest absolute Gasteiger partial charge is 0.487 e. The van der Waals surface area contributed by atoms with Crippen LogP contribution in [0.25, 0.3) is 0 Å². The van der Waals surface area contributed by atoms with Crippen LogP contribution in [0.1, 0.15) is 38.5 Å². The van der Waals surface area contributed by atoms with E-state index in [2.05, 4.69) is 0 Å². The quantitative estimate of drug-likeness (QED) is 0.721. The van der Waals surface area contributed by atoms with Crippen LogP contribution in [-0.4, -0.2) is 53.3 Å². The van der Waals surface area contributed by atoms with Gasteiger partial charge in [-0.3, -0.25) is 19.3 Å². The topological polar surface area (TPSA) is 66.9 Å². The zero-order valence-electron chi connectivity index (χ0n) is 16.1. The van der Waals surface area contributed by atoms with Gasteiger partial charge in [-0.05, 0) is 25.0 Å². The molecule has 6 nitrogen and oxygen atoms in total. The summed E-state index contributed by atoms with van der Waals surface area (Å²) >= 11 is 0. The van der Waals surface area contributed by atoms with Crippen LogP contribution in [0.15, 0.2) is 18.2 Å². The van der Waals surface area contributed by atoms with Gasteiger partial charge in [0.15, 0.2) is 11.6 Å². The Bertz CT molecular complexity index is 799. The molecule has 1 aliphatic carbocycles. The third-order valence-corrected chi connectivity index (χ3v) is 6.21. The van der Waals surface area contributed by atoms with Gasteiger partial charge in [-0.15, -0.1) is 0 Å². The number of nitrogens with zero attached hydrogens (tertiary/aromatic N) is 2. The Kier molecular flexibility index (Phi) is 5.52. The van der Waals surface area contributed by atoms with Crippen LogP contribution < -0.4 is 4.74 Å². The lowest BCUT2D eigenvalue weighted by Crippen LogP contribution is -2.47. The fraction of sp³-hybridized carbons (Fsp3) is 0.571. The highest BCUT2D eigenvalue weighted by Crippen LogP contribution is 2.38. The first-order valence-electron chi connectivity index (χ1n) is 10.2. The summed E-state index contributed by atoms with van der Waals surface area (Å²) in [5, 5.41) is 0. The molecule has 0 N–H and O–H groups in total. The van der Waals surface area contributed by atoms with E-state index < -0.39 is 11.6 Å². The van der Waals surface area contributed by atoms with E-state index in [0.717, 1.165) is 42.7 Å². The lowest BCUT2D eigenvalue weighted by Gasteiger charge is -2.33. The number of imide groups is 1. The van der Waals surface area contributed by atoms with E-state index in [-0.39, 0.29) is 48.0 Å². The Balaban J connectivity index is 1.30. The molecule has 1 aromatic carbocycles. The highest BCUT2D eigenvalue weighted by atomic mass is 19.1. The molecule has 3 aliphatic rings. The molecular formula is C21H24F2N2O4. The van der Waals surface area contributed by atoms with Gasteiger partial charge in [-0.1, -0.05) is 12.8 Å². The Labute approximate surface area is 167 Å². The van der Waals surface area contributed by atoms with Crippen molar-refractivity contribution in [2.75, 3.05) is 19.6 Å². The predicted octanol–water partition coefficient (Wildman–Crippen LogP) is 2.51. The van der Waals surface area contributed by atoms with Gasteiger partial charge in [-0.25, -0.2) is 8.78 Å². The first-order chi connectivity index (χ1) is 13.9. The summed E-state index contributed by atoms with van der Waals surface area (Å²) in [6.07, 6.45) is 4.06. The molecule has 2 heterocycles. The van der Waals surface area contributed by atoms with Gasteiger partial charge in [0.2, 0.25) is 17.7 Å². The zero-order valence-corrected chi connectivity index (χ0v) is 16.1. The van der Waals surface area contributed by atoms with E-state index in [4.69, 9.17) is 4.74 Å². The highest BCUT2D eigenvalue weighted by Gasteiger charge is 2.48. The predicted molar refractivity (Wildman–Crippen MR) is 98.8 cm³/mol. The maximum absolute atomic E-state index is 13.7. The molecule has 8 heteroatoms. The molecule has 29 heavy (non-hydrogen) atoms. The van der Waals surface area contributed by atoms with Gasteiger partial charge in [0.1, 0.15) is 18.5 Å². The van der Waals surface area contributed by atoms with E-state index >= 15 is 0 Å². The van der Waals surface area contributed by atoms with Crippen molar-refractivity contribution in [2.24, 2.45) is 11.8 Å². The molecule has 0 aromatic heterocycles. The SMILES string of the molecule is O=C(CN1C(=O)C2CCCCC2C1=O)N1CCC(Oc2ccc(F)cc2F)CC1. The number of hydrogen-bond donors (Lipinski definition) is 0. The number of benzene rings is 1. The number of likely N-dealkylation sites (tertiary alicyclic amines) is 2. The van der Waals surface area contributed by atoms with Gasteiger partial charge in [0, 0.05) is 32.0 Å². The molecule has 2 saturated heterocycles. The number of amides is 3. The number of carbonyl (C=O) groups is 3. The van der Waals surface area contributed by atoms with Crippen LogP contribution in [0.3, 0.4) is 0 Å². The van der Waals surface area contributed by atoms with Crippen molar-refractivity contribution in [1.29, 1.82) is 0 Å². The number of carbonyl (C=O) groups excluding carboxylic acids is 3. The number of rotatable bonds is 4. The summed E-state index contributed by atoms with van der Waals surface area (Å²) in [6, 6.07) is 3.17. The van der Waals surface area contributed by atoms with Crippen LogP contribution >= 0.6 is 0 Å². The Hall–Kier alpha value is -2.51. The van der Waals surface area contributed by atoms with Gasteiger partial charge in [0.25, 0.3) is 0 Å². The van der Waals surface area contributed by atoms with Crippen LogP contribution in [0.4, 0.5) is 8.78 Å².